The number of hydrogen-bond donors (Lipinski definition) is 0. The average Bonchev–Trinajstić information content (AvgIpc) is 3.17. The van der Waals surface area contributed by atoms with E-state index in [0.29, 0.717) is 6.04 Å². The SMILES string of the molecule is CC(=O)N(C)C1CCN(c2nc3cc4c(cc3s2)OCO4)CC1. The molecule has 7 heteroatoms. The molecule has 0 unspecified atom stereocenters. The maximum absolute atomic E-state index is 11.5. The van der Waals surface area contributed by atoms with Crippen molar-refractivity contribution in [3.05, 3.63) is 12.1 Å². The minimum Gasteiger partial charge on any atom is -0.454 e. The molecule has 2 aliphatic heterocycles. The van der Waals surface area contributed by atoms with Crippen LogP contribution in [-0.4, -0.2) is 48.8 Å². The third-order valence-electron chi connectivity index (χ3n) is 4.65. The Kier molecular flexibility index (Phi) is 3.52. The molecule has 1 aromatic heterocycles. The van der Waals surface area contributed by atoms with Crippen LogP contribution in [0.15, 0.2) is 12.1 Å². The van der Waals surface area contributed by atoms with Crippen LogP contribution in [0.2, 0.25) is 0 Å². The highest BCUT2D eigenvalue weighted by molar-refractivity contribution is 7.22. The van der Waals surface area contributed by atoms with Gasteiger partial charge in [0.1, 0.15) is 0 Å². The summed E-state index contributed by atoms with van der Waals surface area (Å²) in [4.78, 5) is 20.4. The number of aromatic nitrogens is 1. The van der Waals surface area contributed by atoms with Crippen LogP contribution >= 0.6 is 11.3 Å². The summed E-state index contributed by atoms with van der Waals surface area (Å²) in [6.07, 6.45) is 1.96. The lowest BCUT2D eigenvalue weighted by Crippen LogP contribution is -2.45. The van der Waals surface area contributed by atoms with Crippen molar-refractivity contribution in [3.8, 4) is 11.5 Å². The van der Waals surface area contributed by atoms with E-state index in [2.05, 4.69) is 4.90 Å². The van der Waals surface area contributed by atoms with Gasteiger partial charge in [-0.05, 0) is 12.8 Å². The van der Waals surface area contributed by atoms with Crippen LogP contribution in [0.1, 0.15) is 19.8 Å². The molecule has 0 radical (unpaired) electrons. The Labute approximate surface area is 138 Å². The molecular weight excluding hydrogens is 314 g/mol. The van der Waals surface area contributed by atoms with Gasteiger partial charge in [0.05, 0.1) is 10.2 Å². The highest BCUT2D eigenvalue weighted by Crippen LogP contribution is 2.40. The highest BCUT2D eigenvalue weighted by atomic mass is 32.1. The molecule has 0 aliphatic carbocycles. The lowest BCUT2D eigenvalue weighted by Gasteiger charge is -2.36. The third kappa shape index (κ3) is 2.59. The second kappa shape index (κ2) is 5.56. The van der Waals surface area contributed by atoms with Crippen molar-refractivity contribution in [1.29, 1.82) is 0 Å². The van der Waals surface area contributed by atoms with E-state index in [-0.39, 0.29) is 12.7 Å². The van der Waals surface area contributed by atoms with Crippen molar-refractivity contribution in [1.82, 2.24) is 9.88 Å². The number of carbonyl (C=O) groups is 1. The largest absolute Gasteiger partial charge is 0.454 e. The summed E-state index contributed by atoms with van der Waals surface area (Å²) < 4.78 is 12.0. The van der Waals surface area contributed by atoms with Gasteiger partial charge in [0.2, 0.25) is 12.7 Å². The van der Waals surface area contributed by atoms with Gasteiger partial charge in [0, 0.05) is 45.2 Å². The van der Waals surface area contributed by atoms with E-state index < -0.39 is 0 Å². The first-order chi connectivity index (χ1) is 11.1. The summed E-state index contributed by atoms with van der Waals surface area (Å²) in [5, 5.41) is 1.03. The quantitative estimate of drug-likeness (QED) is 0.845. The maximum Gasteiger partial charge on any atom is 0.231 e. The van der Waals surface area contributed by atoms with Gasteiger partial charge in [-0.2, -0.15) is 0 Å². The van der Waals surface area contributed by atoms with Gasteiger partial charge in [-0.1, -0.05) is 11.3 Å². The van der Waals surface area contributed by atoms with E-state index in [1.54, 1.807) is 18.3 Å². The standard InChI is InChI=1S/C16H19N3O3S/c1-10(20)18(2)11-3-5-19(6-4-11)16-17-12-7-13-14(22-9-21-13)8-15(12)23-16/h7-8,11H,3-6,9H2,1-2H3. The average molecular weight is 333 g/mol. The van der Waals surface area contributed by atoms with Crippen LogP contribution in [0.4, 0.5) is 5.13 Å². The first-order valence-corrected chi connectivity index (χ1v) is 8.62. The molecule has 1 fully saturated rings. The Morgan fingerprint density at radius 1 is 1.30 bits per heavy atom. The van der Waals surface area contributed by atoms with Crippen molar-refractivity contribution in [3.63, 3.8) is 0 Å². The Bertz CT molecular complexity index is 711. The zero-order chi connectivity index (χ0) is 16.0. The topological polar surface area (TPSA) is 54.9 Å². The van der Waals surface area contributed by atoms with E-state index in [0.717, 1.165) is 52.8 Å². The summed E-state index contributed by atoms with van der Waals surface area (Å²) in [7, 11) is 1.89. The van der Waals surface area contributed by atoms with Crippen LogP contribution in [0.5, 0.6) is 11.5 Å². The molecule has 2 aromatic rings. The van der Waals surface area contributed by atoms with Crippen LogP contribution in [-0.2, 0) is 4.79 Å². The number of thiazole rings is 1. The summed E-state index contributed by atoms with van der Waals surface area (Å²) in [6.45, 7) is 3.77. The number of carbonyl (C=O) groups excluding carboxylic acids is 1. The Balaban J connectivity index is 1.51. The van der Waals surface area contributed by atoms with Crippen LogP contribution in [0.25, 0.3) is 10.2 Å². The van der Waals surface area contributed by atoms with E-state index in [4.69, 9.17) is 14.5 Å². The predicted octanol–water partition coefficient (Wildman–Crippen LogP) is 2.47. The molecule has 0 atom stereocenters. The molecule has 23 heavy (non-hydrogen) atoms. The second-order valence-electron chi connectivity index (χ2n) is 6.02. The maximum atomic E-state index is 11.5. The van der Waals surface area contributed by atoms with Gasteiger partial charge in [-0.3, -0.25) is 4.79 Å². The van der Waals surface area contributed by atoms with Crippen molar-refractivity contribution < 1.29 is 14.3 Å². The minimum absolute atomic E-state index is 0.137. The molecule has 0 bridgehead atoms. The lowest BCUT2D eigenvalue weighted by molar-refractivity contribution is -0.129. The van der Waals surface area contributed by atoms with E-state index in [1.807, 2.05) is 24.1 Å². The van der Waals surface area contributed by atoms with Crippen molar-refractivity contribution >= 4 is 32.6 Å². The number of nitrogens with zero attached hydrogens (tertiary/aromatic N) is 3. The normalized spacial score (nSPS) is 17.7. The fourth-order valence-electron chi connectivity index (χ4n) is 3.14. The molecule has 0 spiro atoms. The molecular formula is C16H19N3O3S. The summed E-state index contributed by atoms with van der Waals surface area (Å²) >= 11 is 1.68. The Hall–Kier alpha value is -2.02. The zero-order valence-corrected chi connectivity index (χ0v) is 14.1. The number of fused-ring (bicyclic) bond motifs is 2. The number of rotatable bonds is 2. The van der Waals surface area contributed by atoms with Crippen LogP contribution in [0.3, 0.4) is 0 Å². The van der Waals surface area contributed by atoms with Gasteiger partial charge < -0.3 is 19.3 Å². The second-order valence-corrected chi connectivity index (χ2v) is 7.03. The van der Waals surface area contributed by atoms with E-state index in [1.165, 1.54) is 0 Å². The highest BCUT2D eigenvalue weighted by Gasteiger charge is 2.26. The molecule has 4 rings (SSSR count). The number of ether oxygens (including phenoxy) is 2. The number of anilines is 1. The molecule has 1 saturated heterocycles. The van der Waals surface area contributed by atoms with Crippen molar-refractivity contribution in [2.75, 3.05) is 31.8 Å². The van der Waals surface area contributed by atoms with Gasteiger partial charge in [0.25, 0.3) is 0 Å². The molecule has 0 N–H and O–H groups in total. The molecule has 6 nitrogen and oxygen atoms in total. The minimum atomic E-state index is 0.137. The number of amides is 1. The summed E-state index contributed by atoms with van der Waals surface area (Å²) in [5.74, 6) is 1.71. The van der Waals surface area contributed by atoms with Gasteiger partial charge in [-0.15, -0.1) is 0 Å². The zero-order valence-electron chi connectivity index (χ0n) is 13.2. The van der Waals surface area contributed by atoms with Crippen molar-refractivity contribution in [2.24, 2.45) is 0 Å². The van der Waals surface area contributed by atoms with Gasteiger partial charge >= 0.3 is 0 Å². The number of benzene rings is 1. The monoisotopic (exact) mass is 333 g/mol. The lowest BCUT2D eigenvalue weighted by atomic mass is 10.0. The number of hydrogen-bond acceptors (Lipinski definition) is 6. The molecule has 2 aliphatic rings. The van der Waals surface area contributed by atoms with E-state index >= 15 is 0 Å². The molecule has 3 heterocycles. The van der Waals surface area contributed by atoms with Crippen LogP contribution in [0, 0.1) is 0 Å². The van der Waals surface area contributed by atoms with E-state index in [9.17, 15) is 4.79 Å². The predicted molar refractivity (Wildman–Crippen MR) is 89.4 cm³/mol. The van der Waals surface area contributed by atoms with Crippen molar-refractivity contribution in [2.45, 2.75) is 25.8 Å². The first-order valence-electron chi connectivity index (χ1n) is 7.80. The molecule has 0 saturated carbocycles. The van der Waals surface area contributed by atoms with Crippen LogP contribution < -0.4 is 14.4 Å². The Morgan fingerprint density at radius 3 is 2.70 bits per heavy atom. The molecule has 122 valence electrons. The van der Waals surface area contributed by atoms with Gasteiger partial charge in [-0.25, -0.2) is 4.98 Å². The number of piperidine rings is 1. The smallest absolute Gasteiger partial charge is 0.231 e. The molecule has 1 amide bonds. The third-order valence-corrected chi connectivity index (χ3v) is 5.73. The Morgan fingerprint density at radius 2 is 2.00 bits per heavy atom. The summed E-state index contributed by atoms with van der Waals surface area (Å²) in [5.41, 5.74) is 0.956. The summed E-state index contributed by atoms with van der Waals surface area (Å²) in [6, 6.07) is 4.30. The fraction of sp³-hybridized carbons (Fsp3) is 0.500. The van der Waals surface area contributed by atoms with Gasteiger partial charge in [0.15, 0.2) is 16.6 Å². The first kappa shape index (κ1) is 14.6. The fourth-order valence-corrected chi connectivity index (χ4v) is 4.17. The molecule has 1 aromatic carbocycles.